The monoisotopic (exact) mass is 670 g/mol. The number of nitrogens with one attached hydrogen (secondary N) is 3. The first-order valence-corrected chi connectivity index (χ1v) is 14.9. The predicted molar refractivity (Wildman–Crippen MR) is 163 cm³/mol. The van der Waals surface area contributed by atoms with Gasteiger partial charge in [-0.25, -0.2) is 4.39 Å². The Morgan fingerprint density at radius 2 is 1.88 bits per heavy atom. The molecule has 0 aromatic heterocycles. The number of alkyl halides is 1. The molecule has 2 aliphatic rings. The molecule has 2 aliphatic heterocycles. The maximum Gasteiger partial charge on any atom is 0.242 e. The Kier molecular flexibility index (Phi) is 7.68. The lowest BCUT2D eigenvalue weighted by molar-refractivity contribution is -0.122. The largest absolute Gasteiger partial charge is 0.325 e. The van der Waals surface area contributed by atoms with Gasteiger partial charge in [0.1, 0.15) is 11.2 Å². The molecule has 0 bridgehead atoms. The topological polar surface area (TPSA) is 94.0 Å². The predicted octanol–water partition coefficient (Wildman–Crippen LogP) is 6.67. The minimum absolute atomic E-state index is 0.0722. The quantitative estimate of drug-likeness (QED) is 0.209. The summed E-state index contributed by atoms with van der Waals surface area (Å²) in [6.45, 7) is 6.30. The lowest BCUT2D eigenvalue weighted by Crippen LogP contribution is -2.49. The molecular formula is C31H29ClFIN4O2. The Morgan fingerprint density at radius 3 is 2.50 bits per heavy atom. The maximum absolute atomic E-state index is 14.3. The average Bonchev–Trinajstić information content (AvgIpc) is 3.39. The second-order valence-electron chi connectivity index (χ2n) is 11.6. The number of anilines is 2. The molecule has 1 fully saturated rings. The molecule has 3 aromatic rings. The van der Waals surface area contributed by atoms with Gasteiger partial charge in [-0.05, 0) is 71.0 Å². The van der Waals surface area contributed by atoms with Crippen molar-refractivity contribution in [3.05, 3.63) is 93.8 Å². The first-order valence-electron chi connectivity index (χ1n) is 13.0. The van der Waals surface area contributed by atoms with Crippen molar-refractivity contribution in [3.63, 3.8) is 0 Å². The Morgan fingerprint density at radius 1 is 1.15 bits per heavy atom. The summed E-state index contributed by atoms with van der Waals surface area (Å²) in [5, 5.41) is 18.7. The minimum atomic E-state index is -1.15. The van der Waals surface area contributed by atoms with Gasteiger partial charge in [-0.2, -0.15) is 5.26 Å². The third-order valence-electron chi connectivity index (χ3n) is 7.75. The van der Waals surface area contributed by atoms with E-state index in [0.29, 0.717) is 23.2 Å². The van der Waals surface area contributed by atoms with Gasteiger partial charge in [-0.1, -0.05) is 73.2 Å². The van der Waals surface area contributed by atoms with Gasteiger partial charge in [-0.3, -0.25) is 9.59 Å². The summed E-state index contributed by atoms with van der Waals surface area (Å²) in [7, 11) is 0. The smallest absolute Gasteiger partial charge is 0.242 e. The molecule has 5 rings (SSSR count). The van der Waals surface area contributed by atoms with Gasteiger partial charge in [0, 0.05) is 27.8 Å². The number of hydrogen-bond acceptors (Lipinski definition) is 4. The number of fused-ring (bicyclic) bond motifs is 2. The Hall–Kier alpha value is -3.00. The van der Waals surface area contributed by atoms with Crippen LogP contribution in [0.25, 0.3) is 0 Å². The fourth-order valence-corrected chi connectivity index (χ4v) is 6.80. The van der Waals surface area contributed by atoms with Gasteiger partial charge in [0.2, 0.25) is 11.8 Å². The molecule has 3 N–H and O–H groups in total. The van der Waals surface area contributed by atoms with Crippen LogP contribution in [0.15, 0.2) is 60.7 Å². The van der Waals surface area contributed by atoms with Crippen LogP contribution in [-0.2, 0) is 19.4 Å². The van der Waals surface area contributed by atoms with Crippen molar-refractivity contribution in [2.45, 2.75) is 55.0 Å². The summed E-state index contributed by atoms with van der Waals surface area (Å²) < 4.78 is 15.1. The number of nitriles is 1. The van der Waals surface area contributed by atoms with Gasteiger partial charge >= 0.3 is 0 Å². The van der Waals surface area contributed by atoms with Gasteiger partial charge < -0.3 is 16.0 Å². The average molecular weight is 671 g/mol. The van der Waals surface area contributed by atoms with Crippen LogP contribution < -0.4 is 16.0 Å². The molecule has 6 nitrogen and oxygen atoms in total. The maximum atomic E-state index is 14.3. The lowest BCUT2D eigenvalue weighted by Gasteiger charge is -2.37. The summed E-state index contributed by atoms with van der Waals surface area (Å²) in [5.74, 6) is -1.80. The molecular weight excluding hydrogens is 642 g/mol. The highest BCUT2D eigenvalue weighted by Gasteiger charge is 2.65. The normalized spacial score (nSPS) is 23.5. The molecule has 206 valence electrons. The highest BCUT2D eigenvalue weighted by atomic mass is 127. The summed E-state index contributed by atoms with van der Waals surface area (Å²) >= 11 is 8.55. The molecule has 0 radical (unpaired) electrons. The standard InChI is InChI=1S/C31H29ClFIN4O2/c1-30(2,3)14-25-31(21-10-6-18(15-34)12-24(21)37-29(31)40)26(19-7-11-23(33)22(32)13-19)27(38-25)28(39)36-20-8-4-17(16-35)5-9-20/h4-13,25-27,38H,14-15H2,1-3H3,(H,36,39)(H,37,40)/t25-,26-,27+,31+/m0/s1. The van der Waals surface area contributed by atoms with Crippen molar-refractivity contribution in [2.24, 2.45) is 5.41 Å². The van der Waals surface area contributed by atoms with E-state index in [2.05, 4.69) is 65.4 Å². The van der Waals surface area contributed by atoms with Crippen molar-refractivity contribution < 1.29 is 14.0 Å². The van der Waals surface area contributed by atoms with Gasteiger partial charge in [0.15, 0.2) is 0 Å². The first-order chi connectivity index (χ1) is 19.0. The van der Waals surface area contributed by atoms with E-state index in [4.69, 9.17) is 16.9 Å². The zero-order valence-electron chi connectivity index (χ0n) is 22.3. The van der Waals surface area contributed by atoms with Crippen LogP contribution >= 0.6 is 34.2 Å². The summed E-state index contributed by atoms with van der Waals surface area (Å²) in [6, 6.07) is 17.8. The van der Waals surface area contributed by atoms with E-state index in [0.717, 1.165) is 21.2 Å². The molecule has 40 heavy (non-hydrogen) atoms. The summed E-state index contributed by atoms with van der Waals surface area (Å²) in [5.41, 5.74) is 2.88. The Bertz CT molecular complexity index is 1530. The second kappa shape index (κ2) is 10.8. The van der Waals surface area contributed by atoms with Crippen LogP contribution in [0.1, 0.15) is 55.4 Å². The zero-order valence-corrected chi connectivity index (χ0v) is 25.2. The van der Waals surface area contributed by atoms with E-state index in [-0.39, 0.29) is 22.3 Å². The fraction of sp³-hybridized carbons (Fsp3) is 0.323. The molecule has 0 aliphatic carbocycles. The summed E-state index contributed by atoms with van der Waals surface area (Å²) in [6.07, 6.45) is 0.597. The minimum Gasteiger partial charge on any atom is -0.325 e. The van der Waals surface area contributed by atoms with Crippen LogP contribution in [0.2, 0.25) is 5.02 Å². The number of rotatable bonds is 5. The molecule has 1 spiro atoms. The Labute approximate surface area is 251 Å². The van der Waals surface area contributed by atoms with E-state index in [9.17, 15) is 14.0 Å². The van der Waals surface area contributed by atoms with Crippen LogP contribution in [0, 0.1) is 22.6 Å². The number of benzene rings is 3. The number of amides is 2. The van der Waals surface area contributed by atoms with Crippen molar-refractivity contribution in [3.8, 4) is 6.07 Å². The number of nitrogens with zero attached hydrogens (tertiary/aromatic N) is 1. The highest BCUT2D eigenvalue weighted by Crippen LogP contribution is 2.56. The zero-order chi connectivity index (χ0) is 28.8. The SMILES string of the molecule is CC(C)(C)C[C@@H]1N[C@@H](C(=O)Nc2ccc(C#N)cc2)[C@H](c2ccc(F)c(Cl)c2)[C@]12C(=O)Nc1cc(CI)ccc12. The van der Waals surface area contributed by atoms with Crippen molar-refractivity contribution in [1.82, 2.24) is 5.32 Å². The number of carbonyl (C=O) groups is 2. The second-order valence-corrected chi connectivity index (χ2v) is 12.8. The van der Waals surface area contributed by atoms with Crippen LogP contribution in [0.3, 0.4) is 0 Å². The molecule has 3 aromatic carbocycles. The highest BCUT2D eigenvalue weighted by molar-refractivity contribution is 14.1. The molecule has 4 atom stereocenters. The van der Waals surface area contributed by atoms with Crippen molar-refractivity contribution in [2.75, 3.05) is 10.6 Å². The van der Waals surface area contributed by atoms with Gasteiger partial charge in [-0.15, -0.1) is 0 Å². The van der Waals surface area contributed by atoms with Crippen molar-refractivity contribution >= 4 is 57.4 Å². The van der Waals surface area contributed by atoms with Crippen molar-refractivity contribution in [1.29, 1.82) is 5.26 Å². The van der Waals surface area contributed by atoms with E-state index in [1.807, 2.05) is 18.2 Å². The number of halogens is 3. The van der Waals surface area contributed by atoms with Gasteiger partial charge in [0.25, 0.3) is 0 Å². The van der Waals surface area contributed by atoms with Crippen LogP contribution in [-0.4, -0.2) is 23.9 Å². The van der Waals surface area contributed by atoms with E-state index < -0.39 is 29.2 Å². The van der Waals surface area contributed by atoms with E-state index in [1.165, 1.54) is 12.1 Å². The fourth-order valence-electron chi connectivity index (χ4n) is 6.13. The molecule has 9 heteroatoms. The Balaban J connectivity index is 1.69. The van der Waals surface area contributed by atoms with E-state index >= 15 is 0 Å². The van der Waals surface area contributed by atoms with Crippen LogP contribution in [0.5, 0.6) is 0 Å². The first kappa shape index (κ1) is 28.5. The molecule has 2 amide bonds. The lowest BCUT2D eigenvalue weighted by atomic mass is 9.62. The van der Waals surface area contributed by atoms with E-state index in [1.54, 1.807) is 30.3 Å². The number of carbonyl (C=O) groups excluding carboxylic acids is 2. The third kappa shape index (κ3) is 5.00. The summed E-state index contributed by atoms with van der Waals surface area (Å²) in [4.78, 5) is 28.3. The van der Waals surface area contributed by atoms with Gasteiger partial charge in [0.05, 0.1) is 22.7 Å². The third-order valence-corrected chi connectivity index (χ3v) is 8.92. The molecule has 0 unspecified atom stereocenters. The van der Waals surface area contributed by atoms with Crippen LogP contribution in [0.4, 0.5) is 15.8 Å². The molecule has 1 saturated heterocycles. The molecule has 0 saturated carbocycles. The number of hydrogen-bond donors (Lipinski definition) is 3. The molecule has 2 heterocycles.